The molecule has 0 unspecified atom stereocenters. The van der Waals surface area contributed by atoms with Gasteiger partial charge in [-0.1, -0.05) is 19.4 Å². The van der Waals surface area contributed by atoms with Crippen LogP contribution in [0.4, 0.5) is 8.78 Å². The van der Waals surface area contributed by atoms with Crippen molar-refractivity contribution in [2.45, 2.75) is 26.4 Å². The average Bonchev–Trinajstić information content (AvgIpc) is 2.80. The molecule has 0 atom stereocenters. The molecule has 2 rings (SSSR count). The standard InChI is InChI=1S/C16H18F2N2O3S/c1-3-4-7-20-14(21)11(19-16(20)24)8-10-5-6-12(23-15(17)18)13(9-10)22-2/h5-6,8-9,15H,3-4,7H2,1-2H3,(H,19,24)/b11-8+. The SMILES string of the molecule is CCCCN1C(=O)/C(=C\c2ccc(OC(F)F)c(OC)c2)NC1=S. The smallest absolute Gasteiger partial charge is 0.387 e. The highest BCUT2D eigenvalue weighted by molar-refractivity contribution is 7.80. The van der Waals surface area contributed by atoms with E-state index in [1.54, 1.807) is 12.1 Å². The van der Waals surface area contributed by atoms with Crippen LogP contribution in [-0.2, 0) is 4.79 Å². The van der Waals surface area contributed by atoms with Gasteiger partial charge >= 0.3 is 6.61 Å². The van der Waals surface area contributed by atoms with E-state index in [-0.39, 0.29) is 17.4 Å². The van der Waals surface area contributed by atoms with Gasteiger partial charge in [0.1, 0.15) is 5.70 Å². The molecular formula is C16H18F2N2O3S. The molecule has 1 aromatic carbocycles. The second-order valence-corrected chi connectivity index (χ2v) is 5.47. The summed E-state index contributed by atoms with van der Waals surface area (Å²) in [6, 6.07) is 4.43. The first kappa shape index (κ1) is 18.1. The number of thiocarbonyl (C=S) groups is 1. The van der Waals surface area contributed by atoms with Gasteiger partial charge in [0.15, 0.2) is 16.6 Å². The van der Waals surface area contributed by atoms with Crippen molar-refractivity contribution in [1.29, 1.82) is 0 Å². The number of unbranched alkanes of at least 4 members (excludes halogenated alkanes) is 1. The second kappa shape index (κ2) is 8.05. The Labute approximate surface area is 144 Å². The fourth-order valence-electron chi connectivity index (χ4n) is 2.22. The van der Waals surface area contributed by atoms with Gasteiger partial charge in [-0.05, 0) is 42.4 Å². The zero-order valence-corrected chi connectivity index (χ0v) is 14.2. The maximum absolute atomic E-state index is 12.3. The van der Waals surface area contributed by atoms with Gasteiger partial charge < -0.3 is 14.8 Å². The molecule has 5 nitrogen and oxygen atoms in total. The van der Waals surface area contributed by atoms with Crippen molar-refractivity contribution in [3.63, 3.8) is 0 Å². The average molecular weight is 356 g/mol. The van der Waals surface area contributed by atoms with Crippen LogP contribution in [0.5, 0.6) is 11.5 Å². The van der Waals surface area contributed by atoms with Crippen LogP contribution < -0.4 is 14.8 Å². The van der Waals surface area contributed by atoms with E-state index in [2.05, 4.69) is 10.1 Å². The van der Waals surface area contributed by atoms with Gasteiger partial charge in [-0.25, -0.2) is 0 Å². The lowest BCUT2D eigenvalue weighted by molar-refractivity contribution is -0.122. The van der Waals surface area contributed by atoms with Crippen molar-refractivity contribution >= 4 is 29.3 Å². The van der Waals surface area contributed by atoms with Crippen LogP contribution in [0, 0.1) is 0 Å². The molecule has 1 heterocycles. The lowest BCUT2D eigenvalue weighted by Crippen LogP contribution is -2.31. The molecule has 0 bridgehead atoms. The molecule has 1 aliphatic heterocycles. The molecule has 0 radical (unpaired) electrons. The predicted molar refractivity (Wildman–Crippen MR) is 90.0 cm³/mol. The van der Waals surface area contributed by atoms with Gasteiger partial charge in [-0.15, -0.1) is 0 Å². The van der Waals surface area contributed by atoms with E-state index < -0.39 is 6.61 Å². The molecule has 0 saturated carbocycles. The summed E-state index contributed by atoms with van der Waals surface area (Å²) in [4.78, 5) is 13.9. The zero-order valence-electron chi connectivity index (χ0n) is 13.3. The fourth-order valence-corrected chi connectivity index (χ4v) is 2.51. The highest BCUT2D eigenvalue weighted by atomic mass is 32.1. The minimum atomic E-state index is -2.94. The Morgan fingerprint density at radius 2 is 2.12 bits per heavy atom. The molecule has 0 aromatic heterocycles. The number of hydrogen-bond donors (Lipinski definition) is 1. The highest BCUT2D eigenvalue weighted by Crippen LogP contribution is 2.30. The molecule has 0 spiro atoms. The van der Waals surface area contributed by atoms with E-state index in [1.807, 2.05) is 6.92 Å². The van der Waals surface area contributed by atoms with E-state index in [1.165, 1.54) is 24.1 Å². The van der Waals surface area contributed by atoms with E-state index in [0.29, 0.717) is 22.9 Å². The molecular weight excluding hydrogens is 338 g/mol. The number of nitrogens with one attached hydrogen (secondary N) is 1. The monoisotopic (exact) mass is 356 g/mol. The summed E-state index contributed by atoms with van der Waals surface area (Å²) in [6.07, 6.45) is 3.40. The minimum absolute atomic E-state index is 0.0690. The highest BCUT2D eigenvalue weighted by Gasteiger charge is 2.29. The van der Waals surface area contributed by atoms with E-state index in [0.717, 1.165) is 12.8 Å². The number of rotatable bonds is 7. The first-order valence-corrected chi connectivity index (χ1v) is 7.84. The van der Waals surface area contributed by atoms with E-state index >= 15 is 0 Å². The van der Waals surface area contributed by atoms with Crippen LogP contribution in [0.3, 0.4) is 0 Å². The predicted octanol–water partition coefficient (Wildman–Crippen LogP) is 3.15. The fraction of sp³-hybridized carbons (Fsp3) is 0.375. The maximum atomic E-state index is 12.3. The summed E-state index contributed by atoms with van der Waals surface area (Å²) >= 11 is 5.17. The number of carbonyl (C=O) groups excluding carboxylic acids is 1. The van der Waals surface area contributed by atoms with Crippen LogP contribution in [-0.4, -0.2) is 36.2 Å². The molecule has 1 fully saturated rings. The van der Waals surface area contributed by atoms with Crippen molar-refractivity contribution in [1.82, 2.24) is 10.2 Å². The summed E-state index contributed by atoms with van der Waals surface area (Å²) < 4.78 is 34.1. The van der Waals surface area contributed by atoms with Crippen molar-refractivity contribution in [2.75, 3.05) is 13.7 Å². The number of amides is 1. The molecule has 1 amide bonds. The summed E-state index contributed by atoms with van der Waals surface area (Å²) in [7, 11) is 1.35. The third-order valence-electron chi connectivity index (χ3n) is 3.41. The van der Waals surface area contributed by atoms with Gasteiger partial charge in [-0.3, -0.25) is 9.69 Å². The summed E-state index contributed by atoms with van der Waals surface area (Å²) in [6.45, 7) is -0.350. The molecule has 1 aromatic rings. The van der Waals surface area contributed by atoms with Crippen molar-refractivity contribution in [3.05, 3.63) is 29.5 Å². The third kappa shape index (κ3) is 4.19. The lowest BCUT2D eigenvalue weighted by Gasteiger charge is -2.12. The Hall–Kier alpha value is -2.22. The number of benzene rings is 1. The van der Waals surface area contributed by atoms with Crippen LogP contribution in [0.1, 0.15) is 25.3 Å². The Morgan fingerprint density at radius 3 is 2.75 bits per heavy atom. The van der Waals surface area contributed by atoms with Crippen LogP contribution in [0.15, 0.2) is 23.9 Å². The summed E-state index contributed by atoms with van der Waals surface area (Å²) in [5.74, 6) is -0.124. The Bertz CT molecular complexity index is 665. The minimum Gasteiger partial charge on any atom is -0.493 e. The maximum Gasteiger partial charge on any atom is 0.387 e. The molecule has 1 aliphatic rings. The third-order valence-corrected chi connectivity index (χ3v) is 3.73. The summed E-state index contributed by atoms with van der Waals surface area (Å²) in [5, 5.41) is 3.24. The largest absolute Gasteiger partial charge is 0.493 e. The number of ether oxygens (including phenoxy) is 2. The number of nitrogens with zero attached hydrogens (tertiary/aromatic N) is 1. The topological polar surface area (TPSA) is 50.8 Å². The lowest BCUT2D eigenvalue weighted by atomic mass is 10.1. The van der Waals surface area contributed by atoms with E-state index in [9.17, 15) is 13.6 Å². The Morgan fingerprint density at radius 1 is 1.38 bits per heavy atom. The van der Waals surface area contributed by atoms with Gasteiger partial charge in [0.05, 0.1) is 7.11 Å². The Kier molecular flexibility index (Phi) is 6.08. The van der Waals surface area contributed by atoms with Gasteiger partial charge in [-0.2, -0.15) is 8.78 Å². The second-order valence-electron chi connectivity index (χ2n) is 5.09. The van der Waals surface area contributed by atoms with Crippen molar-refractivity contribution in [3.8, 4) is 11.5 Å². The molecule has 1 saturated heterocycles. The molecule has 24 heavy (non-hydrogen) atoms. The van der Waals surface area contributed by atoms with E-state index in [4.69, 9.17) is 17.0 Å². The molecule has 8 heteroatoms. The van der Waals surface area contributed by atoms with Crippen molar-refractivity contribution < 1.29 is 23.0 Å². The number of methoxy groups -OCH3 is 1. The number of carbonyl (C=O) groups is 1. The van der Waals surface area contributed by atoms with Crippen LogP contribution >= 0.6 is 12.2 Å². The normalized spacial score (nSPS) is 16.0. The number of alkyl halides is 2. The van der Waals surface area contributed by atoms with Crippen LogP contribution in [0.2, 0.25) is 0 Å². The number of halogens is 2. The quantitative estimate of drug-likeness (QED) is 0.601. The molecule has 0 aliphatic carbocycles. The van der Waals surface area contributed by atoms with Gasteiger partial charge in [0, 0.05) is 6.54 Å². The zero-order chi connectivity index (χ0) is 17.7. The first-order chi connectivity index (χ1) is 11.5. The molecule has 1 N–H and O–H groups in total. The first-order valence-electron chi connectivity index (χ1n) is 7.43. The number of hydrogen-bond acceptors (Lipinski definition) is 4. The van der Waals surface area contributed by atoms with Gasteiger partial charge in [0.2, 0.25) is 0 Å². The molecule has 130 valence electrons. The Balaban J connectivity index is 2.22. The van der Waals surface area contributed by atoms with Crippen LogP contribution in [0.25, 0.3) is 6.08 Å². The van der Waals surface area contributed by atoms with Gasteiger partial charge in [0.25, 0.3) is 5.91 Å². The summed E-state index contributed by atoms with van der Waals surface area (Å²) in [5.41, 5.74) is 0.935. The van der Waals surface area contributed by atoms with Crippen molar-refractivity contribution in [2.24, 2.45) is 0 Å².